The zero-order valence-corrected chi connectivity index (χ0v) is 19.5. The van der Waals surface area contributed by atoms with E-state index in [1.54, 1.807) is 11.8 Å². The van der Waals surface area contributed by atoms with Gasteiger partial charge in [-0.3, -0.25) is 14.5 Å². The monoisotopic (exact) mass is 445 g/mol. The number of hydrogen-bond acceptors (Lipinski definition) is 5. The van der Waals surface area contributed by atoms with Gasteiger partial charge in [0.2, 0.25) is 11.8 Å². The Morgan fingerprint density at radius 2 is 1.53 bits per heavy atom. The summed E-state index contributed by atoms with van der Waals surface area (Å²) in [6.45, 7) is 2.22. The van der Waals surface area contributed by atoms with Crippen LogP contribution in [0, 0.1) is 5.92 Å². The van der Waals surface area contributed by atoms with Crippen LogP contribution in [0.1, 0.15) is 18.1 Å². The van der Waals surface area contributed by atoms with E-state index >= 15 is 0 Å². The Balaban J connectivity index is 2.15. The lowest BCUT2D eigenvalue weighted by molar-refractivity contribution is -0.131. The molecule has 0 saturated carbocycles. The highest BCUT2D eigenvalue weighted by molar-refractivity contribution is 7.99. The van der Waals surface area contributed by atoms with Crippen molar-refractivity contribution in [3.63, 3.8) is 0 Å². The van der Waals surface area contributed by atoms with Crippen molar-refractivity contribution in [2.24, 2.45) is 5.92 Å². The summed E-state index contributed by atoms with van der Waals surface area (Å²) in [5, 5.41) is 5.72. The van der Waals surface area contributed by atoms with Crippen molar-refractivity contribution < 1.29 is 9.59 Å². The van der Waals surface area contributed by atoms with E-state index in [9.17, 15) is 9.59 Å². The van der Waals surface area contributed by atoms with E-state index in [0.717, 1.165) is 11.3 Å². The SMILES string of the molecule is CC(CS)C(=O)NC(C(=O)NCc1ccccc1)C(SCc1ccccc1)N(C)C. The molecule has 2 rings (SSSR count). The summed E-state index contributed by atoms with van der Waals surface area (Å²) in [5.41, 5.74) is 2.19. The van der Waals surface area contributed by atoms with Crippen molar-refractivity contribution in [3.8, 4) is 0 Å². The Labute approximate surface area is 189 Å². The summed E-state index contributed by atoms with van der Waals surface area (Å²) in [6, 6.07) is 19.2. The summed E-state index contributed by atoms with van der Waals surface area (Å²) >= 11 is 5.86. The van der Waals surface area contributed by atoms with E-state index in [1.807, 2.05) is 74.4 Å². The molecular formula is C23H31N3O2S2. The van der Waals surface area contributed by atoms with Crippen LogP contribution in [-0.2, 0) is 21.9 Å². The van der Waals surface area contributed by atoms with Crippen molar-refractivity contribution >= 4 is 36.2 Å². The first kappa shape index (κ1) is 24.3. The van der Waals surface area contributed by atoms with Gasteiger partial charge in [0.1, 0.15) is 6.04 Å². The highest BCUT2D eigenvalue weighted by Crippen LogP contribution is 2.23. The number of rotatable bonds is 11. The summed E-state index contributed by atoms with van der Waals surface area (Å²) < 4.78 is 0. The molecule has 0 aliphatic heterocycles. The molecule has 7 heteroatoms. The first-order chi connectivity index (χ1) is 14.4. The van der Waals surface area contributed by atoms with Gasteiger partial charge in [-0.05, 0) is 25.2 Å². The third-order valence-electron chi connectivity index (χ3n) is 4.67. The molecule has 0 aliphatic carbocycles. The minimum Gasteiger partial charge on any atom is -0.350 e. The predicted molar refractivity (Wildman–Crippen MR) is 128 cm³/mol. The van der Waals surface area contributed by atoms with Crippen molar-refractivity contribution in [2.75, 3.05) is 19.8 Å². The second-order valence-electron chi connectivity index (χ2n) is 7.42. The van der Waals surface area contributed by atoms with Crippen molar-refractivity contribution in [1.82, 2.24) is 15.5 Å². The number of nitrogens with one attached hydrogen (secondary N) is 2. The number of carbonyl (C=O) groups excluding carboxylic acids is 2. The number of benzene rings is 2. The second-order valence-corrected chi connectivity index (χ2v) is 8.89. The molecule has 2 amide bonds. The van der Waals surface area contributed by atoms with E-state index in [4.69, 9.17) is 0 Å². The largest absolute Gasteiger partial charge is 0.350 e. The predicted octanol–water partition coefficient (Wildman–Crippen LogP) is 3.17. The Morgan fingerprint density at radius 1 is 0.967 bits per heavy atom. The van der Waals surface area contributed by atoms with Crippen LogP contribution < -0.4 is 10.6 Å². The Kier molecular flexibility index (Phi) is 10.3. The van der Waals surface area contributed by atoms with Crippen molar-refractivity contribution in [1.29, 1.82) is 0 Å². The maximum absolute atomic E-state index is 13.1. The Morgan fingerprint density at radius 3 is 2.07 bits per heavy atom. The first-order valence-corrected chi connectivity index (χ1v) is 11.6. The molecule has 0 fully saturated rings. The lowest BCUT2D eigenvalue weighted by atomic mass is 10.1. The van der Waals surface area contributed by atoms with E-state index in [0.29, 0.717) is 12.3 Å². The molecule has 0 aliphatic rings. The Hall–Kier alpha value is -1.96. The molecule has 162 valence electrons. The van der Waals surface area contributed by atoms with Gasteiger partial charge in [-0.15, -0.1) is 11.8 Å². The minimum absolute atomic E-state index is 0.169. The third kappa shape index (κ3) is 7.70. The molecule has 0 radical (unpaired) electrons. The average Bonchev–Trinajstić information content (AvgIpc) is 2.77. The number of hydrogen-bond donors (Lipinski definition) is 3. The summed E-state index contributed by atoms with van der Waals surface area (Å²) in [5.74, 6) is 0.521. The molecular weight excluding hydrogens is 414 g/mol. The number of amides is 2. The quantitative estimate of drug-likeness (QED) is 0.367. The Bertz CT molecular complexity index is 788. The van der Waals surface area contributed by atoms with Crippen molar-refractivity contribution in [3.05, 3.63) is 71.8 Å². The zero-order chi connectivity index (χ0) is 21.9. The number of nitrogens with zero attached hydrogens (tertiary/aromatic N) is 1. The van der Waals surface area contributed by atoms with E-state index in [-0.39, 0.29) is 23.1 Å². The van der Waals surface area contributed by atoms with Crippen LogP contribution in [0.5, 0.6) is 0 Å². The van der Waals surface area contributed by atoms with Gasteiger partial charge >= 0.3 is 0 Å². The fraction of sp³-hybridized carbons (Fsp3) is 0.391. The normalized spacial score (nSPS) is 14.0. The number of thiol groups is 1. The fourth-order valence-corrected chi connectivity index (χ4v) is 4.24. The van der Waals surface area contributed by atoms with Gasteiger partial charge in [-0.1, -0.05) is 67.6 Å². The van der Waals surface area contributed by atoms with Gasteiger partial charge in [-0.2, -0.15) is 12.6 Å². The molecule has 0 spiro atoms. The third-order valence-corrected chi connectivity index (χ3v) is 6.75. The molecule has 3 unspecified atom stereocenters. The average molecular weight is 446 g/mol. The van der Waals surface area contributed by atoms with Crippen LogP contribution in [-0.4, -0.2) is 48.0 Å². The fourth-order valence-electron chi connectivity index (χ4n) is 2.84. The lowest BCUT2D eigenvalue weighted by Gasteiger charge is -2.32. The molecule has 5 nitrogen and oxygen atoms in total. The molecule has 30 heavy (non-hydrogen) atoms. The molecule has 3 atom stereocenters. The van der Waals surface area contributed by atoms with E-state index < -0.39 is 6.04 Å². The second kappa shape index (κ2) is 12.7. The van der Waals surface area contributed by atoms with Crippen LogP contribution in [0.3, 0.4) is 0 Å². The van der Waals surface area contributed by atoms with Gasteiger partial charge in [0.05, 0.1) is 5.37 Å². The minimum atomic E-state index is -0.688. The van der Waals surface area contributed by atoms with Gasteiger partial charge < -0.3 is 10.6 Å². The highest BCUT2D eigenvalue weighted by Gasteiger charge is 2.32. The zero-order valence-electron chi connectivity index (χ0n) is 17.7. The van der Waals surface area contributed by atoms with Crippen LogP contribution >= 0.6 is 24.4 Å². The molecule has 2 aromatic rings. The van der Waals surface area contributed by atoms with Gasteiger partial charge in [-0.25, -0.2) is 0 Å². The van der Waals surface area contributed by atoms with Crippen LogP contribution in [0.2, 0.25) is 0 Å². The lowest BCUT2D eigenvalue weighted by Crippen LogP contribution is -2.57. The van der Waals surface area contributed by atoms with Crippen LogP contribution in [0.4, 0.5) is 0 Å². The van der Waals surface area contributed by atoms with E-state index in [2.05, 4.69) is 35.4 Å². The number of likely N-dealkylation sites (N-methyl/N-ethyl adjacent to an activating group) is 1. The molecule has 0 heterocycles. The standard InChI is InChI=1S/C23H31N3O2S2/c1-17(15-29)21(27)25-20(22(28)24-14-18-10-6-4-7-11-18)23(26(2)3)30-16-19-12-8-5-9-13-19/h4-13,17,20,23,29H,14-16H2,1-3H3,(H,24,28)(H,25,27). The summed E-state index contributed by atoms with van der Waals surface area (Å²) in [4.78, 5) is 27.7. The molecule has 0 bridgehead atoms. The van der Waals surface area contributed by atoms with Gasteiger partial charge in [0.15, 0.2) is 0 Å². The maximum Gasteiger partial charge on any atom is 0.245 e. The number of thioether (sulfide) groups is 1. The maximum atomic E-state index is 13.1. The summed E-state index contributed by atoms with van der Waals surface area (Å²) in [6.07, 6.45) is 0. The van der Waals surface area contributed by atoms with Crippen molar-refractivity contribution in [2.45, 2.75) is 30.6 Å². The topological polar surface area (TPSA) is 61.4 Å². The molecule has 2 aromatic carbocycles. The summed E-state index contributed by atoms with van der Waals surface area (Å²) in [7, 11) is 3.85. The van der Waals surface area contributed by atoms with Crippen LogP contribution in [0.25, 0.3) is 0 Å². The smallest absolute Gasteiger partial charge is 0.245 e. The first-order valence-electron chi connectivity index (χ1n) is 9.97. The van der Waals surface area contributed by atoms with Gasteiger partial charge in [0.25, 0.3) is 0 Å². The molecule has 0 aromatic heterocycles. The highest BCUT2D eigenvalue weighted by atomic mass is 32.2. The molecule has 2 N–H and O–H groups in total. The van der Waals surface area contributed by atoms with E-state index in [1.165, 1.54) is 5.56 Å². The van der Waals surface area contributed by atoms with Crippen LogP contribution in [0.15, 0.2) is 60.7 Å². The molecule has 0 saturated heterocycles. The van der Waals surface area contributed by atoms with Gasteiger partial charge in [0, 0.05) is 24.0 Å². The number of carbonyl (C=O) groups is 2.